The van der Waals surface area contributed by atoms with Crippen molar-refractivity contribution in [1.29, 1.82) is 0 Å². The Morgan fingerprint density at radius 1 is 1.55 bits per heavy atom. The van der Waals surface area contributed by atoms with E-state index in [1.165, 1.54) is 4.70 Å². The molecule has 0 unspecified atom stereocenters. The van der Waals surface area contributed by atoms with Gasteiger partial charge in [0.25, 0.3) is 0 Å². The number of para-hydroxylation sites is 1. The molecule has 0 fully saturated rings. The van der Waals surface area contributed by atoms with Crippen molar-refractivity contribution in [2.24, 2.45) is 0 Å². The standard InChI is InChI=1S/C8H6NS.V/c1-6-9-7-4-2-3-5-8(7)10-6;/h2-3,5H,1H3;/q-1;. The van der Waals surface area contributed by atoms with E-state index in [1.807, 2.05) is 19.1 Å². The first-order valence-corrected chi connectivity index (χ1v) is 3.92. The number of benzene rings is 1. The van der Waals surface area contributed by atoms with Crippen LogP contribution in [0.5, 0.6) is 0 Å². The smallest absolute Gasteiger partial charge is 0.0761 e. The zero-order valence-electron chi connectivity index (χ0n) is 6.03. The van der Waals surface area contributed by atoms with E-state index in [9.17, 15) is 0 Å². The maximum absolute atomic E-state index is 4.28. The third-order valence-electron chi connectivity index (χ3n) is 1.32. The van der Waals surface area contributed by atoms with Crippen molar-refractivity contribution in [3.05, 3.63) is 29.3 Å². The summed E-state index contributed by atoms with van der Waals surface area (Å²) in [5.41, 5.74) is 0.991. The van der Waals surface area contributed by atoms with E-state index in [0.29, 0.717) is 0 Å². The van der Waals surface area contributed by atoms with Gasteiger partial charge in [0.15, 0.2) is 0 Å². The number of hydrogen-bond acceptors (Lipinski definition) is 2. The molecule has 1 heterocycles. The normalized spacial score (nSPS) is 9.55. The molecule has 11 heavy (non-hydrogen) atoms. The summed E-state index contributed by atoms with van der Waals surface area (Å²) >= 11 is 1.71. The van der Waals surface area contributed by atoms with E-state index < -0.39 is 0 Å². The molecule has 2 aromatic rings. The zero-order chi connectivity index (χ0) is 6.97. The third-order valence-corrected chi connectivity index (χ3v) is 2.26. The van der Waals surface area contributed by atoms with Crippen LogP contribution in [0, 0.1) is 13.0 Å². The first kappa shape index (κ1) is 8.79. The average molecular weight is 199 g/mol. The summed E-state index contributed by atoms with van der Waals surface area (Å²) in [6.45, 7) is 2.01. The molecule has 0 amide bonds. The van der Waals surface area contributed by atoms with Gasteiger partial charge in [-0.15, -0.1) is 0 Å². The van der Waals surface area contributed by atoms with Crippen LogP contribution in [0.3, 0.4) is 0 Å². The van der Waals surface area contributed by atoms with Crippen molar-refractivity contribution in [2.45, 2.75) is 6.92 Å². The molecular formula is C8H6NSV-. The summed E-state index contributed by atoms with van der Waals surface area (Å²) in [7, 11) is 0. The van der Waals surface area contributed by atoms with Crippen LogP contribution >= 0.6 is 11.3 Å². The molecule has 0 N–H and O–H groups in total. The van der Waals surface area contributed by atoms with Gasteiger partial charge in [-0.3, -0.25) is 4.98 Å². The first-order valence-electron chi connectivity index (χ1n) is 3.10. The fourth-order valence-corrected chi connectivity index (χ4v) is 1.72. The number of hydrogen-bond donors (Lipinski definition) is 0. The second-order valence-corrected chi connectivity index (χ2v) is 3.35. The Balaban J connectivity index is 0.000000605. The van der Waals surface area contributed by atoms with Gasteiger partial charge in [0, 0.05) is 18.6 Å². The molecule has 0 saturated heterocycles. The average Bonchev–Trinajstić information content (AvgIpc) is 2.27. The van der Waals surface area contributed by atoms with Crippen LogP contribution in [0.1, 0.15) is 5.01 Å². The quantitative estimate of drug-likeness (QED) is 0.593. The number of aromatic nitrogens is 1. The van der Waals surface area contributed by atoms with Gasteiger partial charge in [-0.2, -0.15) is 35.6 Å². The zero-order valence-corrected chi connectivity index (χ0v) is 8.25. The molecule has 1 aromatic heterocycles. The van der Waals surface area contributed by atoms with Gasteiger partial charge >= 0.3 is 0 Å². The summed E-state index contributed by atoms with van der Waals surface area (Å²) in [6, 6.07) is 9.01. The minimum absolute atomic E-state index is 0. The summed E-state index contributed by atoms with van der Waals surface area (Å²) in [4.78, 5) is 4.28. The molecule has 1 radical (unpaired) electrons. The Bertz CT molecular complexity index is 323. The van der Waals surface area contributed by atoms with Crippen LogP contribution in [0.25, 0.3) is 10.2 Å². The van der Waals surface area contributed by atoms with Crippen molar-refractivity contribution < 1.29 is 18.6 Å². The van der Waals surface area contributed by atoms with Crippen molar-refractivity contribution in [1.82, 2.24) is 4.98 Å². The van der Waals surface area contributed by atoms with Crippen molar-refractivity contribution >= 4 is 21.6 Å². The van der Waals surface area contributed by atoms with Crippen LogP contribution in [0.15, 0.2) is 18.2 Å². The van der Waals surface area contributed by atoms with E-state index >= 15 is 0 Å². The van der Waals surface area contributed by atoms with E-state index in [4.69, 9.17) is 0 Å². The van der Waals surface area contributed by atoms with E-state index in [0.717, 1.165) is 10.5 Å². The van der Waals surface area contributed by atoms with E-state index in [1.54, 1.807) is 11.3 Å². The molecule has 1 nitrogen and oxygen atoms in total. The topological polar surface area (TPSA) is 12.9 Å². The molecule has 0 spiro atoms. The summed E-state index contributed by atoms with van der Waals surface area (Å²) in [5.74, 6) is 0. The van der Waals surface area contributed by atoms with Gasteiger partial charge in [-0.05, 0) is 12.4 Å². The van der Waals surface area contributed by atoms with Crippen LogP contribution < -0.4 is 0 Å². The minimum atomic E-state index is 0. The van der Waals surface area contributed by atoms with Gasteiger partial charge in [0.05, 0.1) is 5.01 Å². The van der Waals surface area contributed by atoms with Crippen molar-refractivity contribution in [3.63, 3.8) is 0 Å². The van der Waals surface area contributed by atoms with Gasteiger partial charge in [0.1, 0.15) is 0 Å². The fourth-order valence-electron chi connectivity index (χ4n) is 0.922. The first-order chi connectivity index (χ1) is 4.86. The van der Waals surface area contributed by atoms with Crippen LogP contribution in [-0.2, 0) is 18.6 Å². The van der Waals surface area contributed by atoms with Crippen molar-refractivity contribution in [2.75, 3.05) is 0 Å². The predicted octanol–water partition coefficient (Wildman–Crippen LogP) is 2.40. The van der Waals surface area contributed by atoms with Crippen LogP contribution in [0.4, 0.5) is 0 Å². The van der Waals surface area contributed by atoms with Gasteiger partial charge in [-0.1, -0.05) is 4.70 Å². The Morgan fingerprint density at radius 2 is 2.36 bits per heavy atom. The van der Waals surface area contributed by atoms with E-state index in [-0.39, 0.29) is 18.6 Å². The van der Waals surface area contributed by atoms with Crippen LogP contribution in [-0.4, -0.2) is 4.98 Å². The van der Waals surface area contributed by atoms with Gasteiger partial charge in [-0.25, -0.2) is 0 Å². The molecular weight excluding hydrogens is 193 g/mol. The maximum Gasteiger partial charge on any atom is 0.0761 e. The van der Waals surface area contributed by atoms with Crippen LogP contribution in [0.2, 0.25) is 0 Å². The number of aryl methyl sites for hydroxylation is 1. The molecule has 2 rings (SSSR count). The largest absolute Gasteiger partial charge is 0.269 e. The summed E-state index contributed by atoms with van der Waals surface area (Å²) in [5, 5.41) is 1.11. The predicted molar refractivity (Wildman–Crippen MR) is 43.2 cm³/mol. The third kappa shape index (κ3) is 1.64. The second-order valence-electron chi connectivity index (χ2n) is 2.12. The summed E-state index contributed by atoms with van der Waals surface area (Å²) < 4.78 is 1.22. The molecule has 0 bridgehead atoms. The monoisotopic (exact) mass is 199 g/mol. The number of nitrogens with zero attached hydrogens (tertiary/aromatic N) is 1. The molecule has 0 atom stereocenters. The Labute approximate surface area is 81.3 Å². The number of fused-ring (bicyclic) bond motifs is 1. The molecule has 0 aliphatic carbocycles. The second kappa shape index (κ2) is 3.39. The minimum Gasteiger partial charge on any atom is -0.269 e. The SMILES string of the molecule is Cc1nc2[c-]cccc2s1.[V]. The molecule has 1 aromatic carbocycles. The van der Waals surface area contributed by atoms with Gasteiger partial charge in [0.2, 0.25) is 0 Å². The molecule has 0 aliphatic heterocycles. The Morgan fingerprint density at radius 3 is 3.09 bits per heavy atom. The maximum atomic E-state index is 4.28. The van der Waals surface area contributed by atoms with E-state index in [2.05, 4.69) is 17.1 Å². The van der Waals surface area contributed by atoms with Crippen molar-refractivity contribution in [3.8, 4) is 0 Å². The summed E-state index contributed by atoms with van der Waals surface area (Å²) in [6.07, 6.45) is 0. The molecule has 0 saturated carbocycles. The molecule has 0 aliphatic rings. The Kier molecular flexibility index (Phi) is 2.71. The molecule has 3 heteroatoms. The fraction of sp³-hybridized carbons (Fsp3) is 0.125. The van der Waals surface area contributed by atoms with Gasteiger partial charge < -0.3 is 0 Å². The Hall–Kier alpha value is -0.306. The number of rotatable bonds is 0. The molecule has 55 valence electrons. The number of thiazole rings is 1.